The summed E-state index contributed by atoms with van der Waals surface area (Å²) in [4.78, 5) is 4.03. The van der Waals surface area contributed by atoms with Gasteiger partial charge in [-0.15, -0.1) is 0 Å². The van der Waals surface area contributed by atoms with Crippen LogP contribution in [0.4, 0.5) is 11.5 Å². The van der Waals surface area contributed by atoms with Gasteiger partial charge in [0.2, 0.25) is 0 Å². The number of halogens is 1. The molecule has 60 valence electrons. The van der Waals surface area contributed by atoms with Crippen LogP contribution in [0, 0.1) is 6.92 Å². The lowest BCUT2D eigenvalue weighted by molar-refractivity contribution is 1.18. The zero-order valence-electron chi connectivity index (χ0n) is 6.06. The molecule has 0 amide bonds. The molecule has 1 heterocycles. The number of hydrogen-bond acceptors (Lipinski definition) is 4. The van der Waals surface area contributed by atoms with Gasteiger partial charge in [0.1, 0.15) is 5.82 Å². The number of nitrogens with one attached hydrogen (secondary N) is 1. The van der Waals surface area contributed by atoms with Gasteiger partial charge in [0, 0.05) is 4.47 Å². The van der Waals surface area contributed by atoms with Gasteiger partial charge in [0.25, 0.3) is 0 Å². The van der Waals surface area contributed by atoms with Gasteiger partial charge in [0.05, 0.1) is 11.4 Å². The van der Waals surface area contributed by atoms with Crippen molar-refractivity contribution in [3.05, 3.63) is 16.2 Å². The van der Waals surface area contributed by atoms with Crippen LogP contribution in [0.1, 0.15) is 5.69 Å². The molecular formula is C6H9BrN4. The topological polar surface area (TPSA) is 77.0 Å². The minimum Gasteiger partial charge on any atom is -0.382 e. The van der Waals surface area contributed by atoms with Gasteiger partial charge in [0.15, 0.2) is 0 Å². The van der Waals surface area contributed by atoms with Gasteiger partial charge in [-0.3, -0.25) is 5.84 Å². The van der Waals surface area contributed by atoms with E-state index in [0.29, 0.717) is 11.5 Å². The van der Waals surface area contributed by atoms with E-state index in [1.807, 2.05) is 6.92 Å². The minimum atomic E-state index is 0.410. The molecule has 5 heteroatoms. The molecule has 0 saturated heterocycles. The number of rotatable bonds is 1. The molecule has 11 heavy (non-hydrogen) atoms. The number of nitrogens with zero attached hydrogens (tertiary/aromatic N) is 1. The molecule has 0 bridgehead atoms. The van der Waals surface area contributed by atoms with E-state index in [4.69, 9.17) is 11.6 Å². The first kappa shape index (κ1) is 8.29. The summed E-state index contributed by atoms with van der Waals surface area (Å²) < 4.78 is 0.889. The number of nitrogens with two attached hydrogens (primary N) is 2. The van der Waals surface area contributed by atoms with Crippen molar-refractivity contribution in [3.63, 3.8) is 0 Å². The third kappa shape index (κ3) is 1.61. The average Bonchev–Trinajstić information content (AvgIpc) is 1.97. The van der Waals surface area contributed by atoms with Gasteiger partial charge < -0.3 is 11.2 Å². The largest absolute Gasteiger partial charge is 0.382 e. The molecular weight excluding hydrogens is 208 g/mol. The highest BCUT2D eigenvalue weighted by molar-refractivity contribution is 9.10. The maximum absolute atomic E-state index is 5.53. The number of aryl methyl sites for hydroxylation is 1. The Balaban J connectivity index is 3.21. The molecule has 1 aromatic rings. The number of nitrogen functional groups attached to an aromatic ring is 2. The molecule has 1 aromatic heterocycles. The van der Waals surface area contributed by atoms with Crippen LogP contribution >= 0.6 is 15.9 Å². The lowest BCUT2D eigenvalue weighted by atomic mass is 10.3. The van der Waals surface area contributed by atoms with E-state index in [9.17, 15) is 0 Å². The van der Waals surface area contributed by atoms with Crippen molar-refractivity contribution >= 4 is 27.4 Å². The Morgan fingerprint density at radius 2 is 2.27 bits per heavy atom. The summed E-state index contributed by atoms with van der Waals surface area (Å²) in [6, 6.07) is 1.79. The van der Waals surface area contributed by atoms with Crippen molar-refractivity contribution < 1.29 is 0 Å². The van der Waals surface area contributed by atoms with Crippen molar-refractivity contribution in [1.82, 2.24) is 4.98 Å². The highest BCUT2D eigenvalue weighted by atomic mass is 79.9. The van der Waals surface area contributed by atoms with Gasteiger partial charge in [-0.2, -0.15) is 0 Å². The summed E-state index contributed by atoms with van der Waals surface area (Å²) in [6.45, 7) is 1.86. The average molecular weight is 217 g/mol. The quantitative estimate of drug-likeness (QED) is 0.484. The number of hydrazine groups is 1. The van der Waals surface area contributed by atoms with Crippen LogP contribution in [0.5, 0.6) is 0 Å². The lowest BCUT2D eigenvalue weighted by Gasteiger charge is -2.05. The lowest BCUT2D eigenvalue weighted by Crippen LogP contribution is -2.10. The molecule has 5 N–H and O–H groups in total. The first-order valence-electron chi connectivity index (χ1n) is 3.04. The number of hydrogen-bond donors (Lipinski definition) is 3. The summed E-state index contributed by atoms with van der Waals surface area (Å²) in [5, 5.41) is 0. The first-order valence-corrected chi connectivity index (χ1v) is 3.83. The van der Waals surface area contributed by atoms with Crippen LogP contribution < -0.4 is 17.0 Å². The summed E-state index contributed by atoms with van der Waals surface area (Å²) >= 11 is 3.31. The SMILES string of the molecule is Cc1nc(N)c(NN)cc1Br. The maximum atomic E-state index is 5.53. The molecule has 0 aromatic carbocycles. The highest BCUT2D eigenvalue weighted by Gasteiger charge is 2.02. The second-order valence-corrected chi connectivity index (χ2v) is 2.99. The van der Waals surface area contributed by atoms with Gasteiger partial charge in [-0.05, 0) is 28.9 Å². The van der Waals surface area contributed by atoms with Crippen LogP contribution in [0.25, 0.3) is 0 Å². The van der Waals surface area contributed by atoms with E-state index < -0.39 is 0 Å². The Morgan fingerprint density at radius 3 is 2.82 bits per heavy atom. The van der Waals surface area contributed by atoms with Gasteiger partial charge in [-0.25, -0.2) is 4.98 Å². The second kappa shape index (κ2) is 3.06. The molecule has 0 spiro atoms. The normalized spacial score (nSPS) is 9.73. The number of anilines is 2. The standard InChI is InChI=1S/C6H9BrN4/c1-3-4(7)2-5(11-9)6(8)10-3/h2,11H,9H2,1H3,(H2,8,10). The molecule has 0 unspecified atom stereocenters. The Bertz CT molecular complexity index is 274. The Labute approximate surface area is 73.1 Å². The molecule has 0 radical (unpaired) electrons. The zero-order valence-corrected chi connectivity index (χ0v) is 7.64. The minimum absolute atomic E-state index is 0.410. The fraction of sp³-hybridized carbons (Fsp3) is 0.167. The van der Waals surface area contributed by atoms with E-state index in [1.54, 1.807) is 6.07 Å². The monoisotopic (exact) mass is 216 g/mol. The second-order valence-electron chi connectivity index (χ2n) is 2.13. The van der Waals surface area contributed by atoms with Gasteiger partial charge in [-0.1, -0.05) is 0 Å². The third-order valence-electron chi connectivity index (χ3n) is 1.34. The van der Waals surface area contributed by atoms with E-state index in [0.717, 1.165) is 10.2 Å². The van der Waals surface area contributed by atoms with Crippen LogP contribution in [-0.2, 0) is 0 Å². The molecule has 0 saturated carbocycles. The summed E-state index contributed by atoms with van der Waals surface area (Å²) in [5.41, 5.74) is 9.45. The van der Waals surface area contributed by atoms with Crippen molar-refractivity contribution in [1.29, 1.82) is 0 Å². The molecule has 4 nitrogen and oxygen atoms in total. The van der Waals surface area contributed by atoms with Crippen LogP contribution in [0.2, 0.25) is 0 Å². The Hall–Kier alpha value is -0.810. The summed E-state index contributed by atoms with van der Waals surface area (Å²) in [6.07, 6.45) is 0. The summed E-state index contributed by atoms with van der Waals surface area (Å²) in [7, 11) is 0. The van der Waals surface area contributed by atoms with E-state index in [1.165, 1.54) is 0 Å². The van der Waals surface area contributed by atoms with Crippen LogP contribution in [0.3, 0.4) is 0 Å². The maximum Gasteiger partial charge on any atom is 0.148 e. The van der Waals surface area contributed by atoms with Crippen LogP contribution in [0.15, 0.2) is 10.5 Å². The smallest absolute Gasteiger partial charge is 0.148 e. The Morgan fingerprint density at radius 1 is 1.64 bits per heavy atom. The number of aromatic nitrogens is 1. The molecule has 0 aliphatic carbocycles. The molecule has 0 aliphatic heterocycles. The van der Waals surface area contributed by atoms with E-state index >= 15 is 0 Å². The summed E-state index contributed by atoms with van der Waals surface area (Å²) in [5.74, 6) is 5.59. The van der Waals surface area contributed by atoms with E-state index in [2.05, 4.69) is 26.3 Å². The molecule has 0 aliphatic rings. The fourth-order valence-electron chi connectivity index (χ4n) is 0.715. The zero-order chi connectivity index (χ0) is 8.43. The van der Waals surface area contributed by atoms with Crippen molar-refractivity contribution in [2.75, 3.05) is 11.2 Å². The van der Waals surface area contributed by atoms with E-state index in [-0.39, 0.29) is 0 Å². The third-order valence-corrected chi connectivity index (χ3v) is 2.14. The predicted molar refractivity (Wildman–Crippen MR) is 48.9 cm³/mol. The Kier molecular flexibility index (Phi) is 2.31. The molecule has 0 fully saturated rings. The molecule has 0 atom stereocenters. The van der Waals surface area contributed by atoms with Crippen LogP contribution in [-0.4, -0.2) is 4.98 Å². The number of pyridine rings is 1. The van der Waals surface area contributed by atoms with Crippen molar-refractivity contribution in [2.45, 2.75) is 6.92 Å². The van der Waals surface area contributed by atoms with Crippen molar-refractivity contribution in [2.24, 2.45) is 5.84 Å². The first-order chi connectivity index (χ1) is 5.15. The molecule has 1 rings (SSSR count). The predicted octanol–water partition coefficient (Wildman–Crippen LogP) is 1.02. The highest BCUT2D eigenvalue weighted by Crippen LogP contribution is 2.22. The fourth-order valence-corrected chi connectivity index (χ4v) is 1.03. The van der Waals surface area contributed by atoms with Gasteiger partial charge >= 0.3 is 0 Å². The van der Waals surface area contributed by atoms with Crippen molar-refractivity contribution in [3.8, 4) is 0 Å².